The molecule has 0 bridgehead atoms. The van der Waals surface area contributed by atoms with Crippen molar-refractivity contribution >= 4 is 46.7 Å². The molecular formula is C20H14Cl2N2S2. The molecule has 1 heterocycles. The number of nitriles is 1. The summed E-state index contributed by atoms with van der Waals surface area (Å²) in [6.07, 6.45) is 0. The Morgan fingerprint density at radius 1 is 0.846 bits per heavy atom. The van der Waals surface area contributed by atoms with E-state index in [1.807, 2.05) is 62.4 Å². The summed E-state index contributed by atoms with van der Waals surface area (Å²) in [7, 11) is 0. The molecular weight excluding hydrogens is 403 g/mol. The van der Waals surface area contributed by atoms with Crippen LogP contribution in [0, 0.1) is 25.2 Å². The van der Waals surface area contributed by atoms with Crippen molar-refractivity contribution in [3.8, 4) is 6.07 Å². The van der Waals surface area contributed by atoms with E-state index in [4.69, 9.17) is 23.2 Å². The average Bonchev–Trinajstić information content (AvgIpc) is 2.63. The summed E-state index contributed by atoms with van der Waals surface area (Å²) >= 11 is 15.5. The van der Waals surface area contributed by atoms with E-state index in [1.54, 1.807) is 0 Å². The van der Waals surface area contributed by atoms with Crippen LogP contribution in [0.2, 0.25) is 10.2 Å². The predicted octanol–water partition coefficient (Wildman–Crippen LogP) is 7.18. The summed E-state index contributed by atoms with van der Waals surface area (Å²) in [5.74, 6) is 0. The smallest absolute Gasteiger partial charge is 0.150 e. The first-order chi connectivity index (χ1) is 12.5. The van der Waals surface area contributed by atoms with E-state index in [9.17, 15) is 5.26 Å². The summed E-state index contributed by atoms with van der Waals surface area (Å²) < 4.78 is 0. The van der Waals surface area contributed by atoms with Crippen molar-refractivity contribution in [3.05, 3.63) is 75.4 Å². The molecule has 0 atom stereocenters. The highest BCUT2D eigenvalue weighted by atomic mass is 35.5. The van der Waals surface area contributed by atoms with Gasteiger partial charge in [-0.05, 0) is 38.1 Å². The topological polar surface area (TPSA) is 36.7 Å². The molecule has 0 spiro atoms. The lowest BCUT2D eigenvalue weighted by Gasteiger charge is -2.12. The van der Waals surface area contributed by atoms with Crippen LogP contribution in [-0.4, -0.2) is 4.98 Å². The largest absolute Gasteiger partial charge is 0.226 e. The highest BCUT2D eigenvalue weighted by Gasteiger charge is 2.20. The third kappa shape index (κ3) is 4.36. The Kier molecular flexibility index (Phi) is 6.16. The van der Waals surface area contributed by atoms with E-state index in [0.717, 1.165) is 9.79 Å². The van der Waals surface area contributed by atoms with Crippen molar-refractivity contribution in [2.24, 2.45) is 0 Å². The molecule has 0 N–H and O–H groups in total. The van der Waals surface area contributed by atoms with Crippen molar-refractivity contribution in [2.75, 3.05) is 0 Å². The maximum absolute atomic E-state index is 9.74. The van der Waals surface area contributed by atoms with Gasteiger partial charge in [-0.3, -0.25) is 0 Å². The minimum Gasteiger partial charge on any atom is -0.226 e. The van der Waals surface area contributed by atoms with Crippen LogP contribution in [0.3, 0.4) is 0 Å². The second-order valence-corrected chi connectivity index (χ2v) is 8.55. The molecule has 0 aliphatic rings. The highest BCUT2D eigenvalue weighted by Crippen LogP contribution is 2.43. The second kappa shape index (κ2) is 8.37. The van der Waals surface area contributed by atoms with E-state index in [0.29, 0.717) is 20.5 Å². The molecule has 0 saturated heterocycles. The molecule has 3 rings (SSSR count). The van der Waals surface area contributed by atoms with Gasteiger partial charge in [0.25, 0.3) is 0 Å². The Morgan fingerprint density at radius 3 is 1.85 bits per heavy atom. The van der Waals surface area contributed by atoms with Crippen molar-refractivity contribution < 1.29 is 0 Å². The molecule has 26 heavy (non-hydrogen) atoms. The van der Waals surface area contributed by atoms with Crippen LogP contribution in [0.25, 0.3) is 0 Å². The fourth-order valence-electron chi connectivity index (χ4n) is 2.21. The first-order valence-corrected chi connectivity index (χ1v) is 10.1. The van der Waals surface area contributed by atoms with Gasteiger partial charge in [-0.1, -0.05) is 82.1 Å². The highest BCUT2D eigenvalue weighted by molar-refractivity contribution is 8.00. The third-order valence-electron chi connectivity index (χ3n) is 3.61. The van der Waals surface area contributed by atoms with Crippen molar-refractivity contribution in [3.63, 3.8) is 0 Å². The summed E-state index contributed by atoms with van der Waals surface area (Å²) in [5, 5.41) is 10.8. The lowest BCUT2D eigenvalue weighted by atomic mass is 10.2. The van der Waals surface area contributed by atoms with Gasteiger partial charge in [-0.15, -0.1) is 0 Å². The van der Waals surface area contributed by atoms with Crippen LogP contribution in [0.4, 0.5) is 0 Å². The van der Waals surface area contributed by atoms with Gasteiger partial charge >= 0.3 is 0 Å². The molecule has 0 saturated carbocycles. The summed E-state index contributed by atoms with van der Waals surface area (Å²) in [6.45, 7) is 4.06. The zero-order valence-electron chi connectivity index (χ0n) is 14.1. The lowest BCUT2D eigenvalue weighted by Crippen LogP contribution is -1.94. The Bertz CT molecular complexity index is 979. The van der Waals surface area contributed by atoms with Gasteiger partial charge in [0.05, 0.1) is 9.92 Å². The van der Waals surface area contributed by atoms with Gasteiger partial charge in [0.1, 0.15) is 21.8 Å². The molecule has 0 radical (unpaired) electrons. The second-order valence-electron chi connectivity index (χ2n) is 5.67. The number of pyridine rings is 1. The Morgan fingerprint density at radius 2 is 1.35 bits per heavy atom. The first-order valence-electron chi connectivity index (χ1n) is 7.76. The third-order valence-corrected chi connectivity index (χ3v) is 6.58. The first kappa shape index (κ1) is 19.1. The van der Waals surface area contributed by atoms with Crippen LogP contribution in [0.15, 0.2) is 68.2 Å². The van der Waals surface area contributed by atoms with Crippen molar-refractivity contribution in [1.29, 1.82) is 5.26 Å². The Balaban J connectivity index is 2.03. The molecule has 0 aliphatic heterocycles. The van der Waals surface area contributed by atoms with E-state index >= 15 is 0 Å². The Labute approximate surface area is 171 Å². The fourth-order valence-corrected chi connectivity index (χ4v) is 4.63. The number of hydrogen-bond donors (Lipinski definition) is 0. The molecule has 3 aromatic rings. The van der Waals surface area contributed by atoms with Crippen LogP contribution in [0.5, 0.6) is 0 Å². The van der Waals surface area contributed by atoms with E-state index in [1.165, 1.54) is 34.7 Å². The number of halogens is 2. The van der Waals surface area contributed by atoms with E-state index in [2.05, 4.69) is 11.1 Å². The lowest BCUT2D eigenvalue weighted by molar-refractivity contribution is 1.06. The van der Waals surface area contributed by atoms with Gasteiger partial charge < -0.3 is 0 Å². The number of benzene rings is 2. The van der Waals surface area contributed by atoms with Crippen LogP contribution in [0.1, 0.15) is 16.7 Å². The molecule has 2 aromatic carbocycles. The molecule has 6 heteroatoms. The van der Waals surface area contributed by atoms with Gasteiger partial charge in [0.15, 0.2) is 0 Å². The minimum atomic E-state index is 0.204. The van der Waals surface area contributed by atoms with Gasteiger partial charge in [0.2, 0.25) is 0 Å². The number of aromatic nitrogens is 1. The SMILES string of the molecule is Cc1ccc(Sc2nc(Cl)c(Cl)c(Sc3ccc(C)cc3)c2C#N)cc1. The van der Waals surface area contributed by atoms with Crippen molar-refractivity contribution in [1.82, 2.24) is 4.98 Å². The molecule has 0 aliphatic carbocycles. The Hall–Kier alpha value is -1.64. The average molecular weight is 417 g/mol. The van der Waals surface area contributed by atoms with Gasteiger partial charge in [0, 0.05) is 9.79 Å². The van der Waals surface area contributed by atoms with Crippen LogP contribution in [-0.2, 0) is 0 Å². The number of nitrogens with zero attached hydrogens (tertiary/aromatic N) is 2. The molecule has 1 aromatic heterocycles. The maximum atomic E-state index is 9.74. The van der Waals surface area contributed by atoms with Crippen LogP contribution < -0.4 is 0 Å². The number of hydrogen-bond acceptors (Lipinski definition) is 4. The number of aryl methyl sites for hydroxylation is 2. The molecule has 0 fully saturated rings. The molecule has 2 nitrogen and oxygen atoms in total. The monoisotopic (exact) mass is 416 g/mol. The van der Waals surface area contributed by atoms with E-state index in [-0.39, 0.29) is 5.15 Å². The number of rotatable bonds is 4. The predicted molar refractivity (Wildman–Crippen MR) is 110 cm³/mol. The quantitative estimate of drug-likeness (QED) is 0.421. The zero-order valence-corrected chi connectivity index (χ0v) is 17.2. The summed E-state index contributed by atoms with van der Waals surface area (Å²) in [6, 6.07) is 18.3. The summed E-state index contributed by atoms with van der Waals surface area (Å²) in [4.78, 5) is 6.95. The summed E-state index contributed by atoms with van der Waals surface area (Å²) in [5.41, 5.74) is 2.78. The fraction of sp³-hybridized carbons (Fsp3) is 0.100. The zero-order chi connectivity index (χ0) is 18.7. The maximum Gasteiger partial charge on any atom is 0.150 e. The van der Waals surface area contributed by atoms with Crippen LogP contribution >= 0.6 is 46.7 Å². The normalized spacial score (nSPS) is 10.6. The van der Waals surface area contributed by atoms with Gasteiger partial charge in [-0.25, -0.2) is 4.98 Å². The van der Waals surface area contributed by atoms with Gasteiger partial charge in [-0.2, -0.15) is 5.26 Å². The molecule has 0 amide bonds. The standard InChI is InChI=1S/C20H14Cl2N2S2/c1-12-3-7-14(8-4-12)25-18-16(11-23)20(24-19(22)17(18)21)26-15-9-5-13(2)6-10-15/h3-10H,1-2H3. The molecule has 130 valence electrons. The van der Waals surface area contributed by atoms with Crippen molar-refractivity contribution in [2.45, 2.75) is 33.6 Å². The molecule has 0 unspecified atom stereocenters. The van der Waals surface area contributed by atoms with E-state index < -0.39 is 0 Å². The minimum absolute atomic E-state index is 0.204.